The molecule has 21 heavy (non-hydrogen) atoms. The lowest BCUT2D eigenvalue weighted by atomic mass is 10.1. The Morgan fingerprint density at radius 1 is 1.38 bits per heavy atom. The Balaban J connectivity index is 2.72. The highest BCUT2D eigenvalue weighted by Crippen LogP contribution is 2.38. The Hall–Kier alpha value is -1.65. The predicted octanol–water partition coefficient (Wildman–Crippen LogP) is 3.48. The fraction of sp³-hybridized carbons (Fsp3) is 0.294. The number of aliphatic hydroxyl groups excluding tert-OH is 1. The summed E-state index contributed by atoms with van der Waals surface area (Å²) >= 11 is 0. The highest BCUT2D eigenvalue weighted by atomic mass is 32.2. The van der Waals surface area contributed by atoms with E-state index >= 15 is 0 Å². The van der Waals surface area contributed by atoms with Gasteiger partial charge in [0.2, 0.25) is 9.84 Å². The second kappa shape index (κ2) is 5.62. The molecule has 0 amide bonds. The van der Waals surface area contributed by atoms with Gasteiger partial charge in [0.05, 0.1) is 15.9 Å². The molecular weight excluding hydrogens is 284 g/mol. The Kier molecular flexibility index (Phi) is 4.21. The van der Waals surface area contributed by atoms with E-state index < -0.39 is 15.9 Å². The van der Waals surface area contributed by atoms with Crippen LogP contribution in [0.15, 0.2) is 58.4 Å². The number of allylic oxidation sites excluding steroid dienone is 3. The van der Waals surface area contributed by atoms with Crippen molar-refractivity contribution in [1.82, 2.24) is 0 Å². The molecule has 3 nitrogen and oxygen atoms in total. The van der Waals surface area contributed by atoms with Crippen LogP contribution in [0.1, 0.15) is 37.5 Å². The SMILES string of the molecule is C=CC(C)=C(C(=C)C)S(=O)(=O)c1cccc2c1CCC2O. The topological polar surface area (TPSA) is 54.4 Å². The summed E-state index contributed by atoms with van der Waals surface area (Å²) in [6.45, 7) is 10.8. The molecule has 2 rings (SSSR count). The van der Waals surface area contributed by atoms with Crippen LogP contribution in [0.2, 0.25) is 0 Å². The maximum Gasteiger partial charge on any atom is 0.207 e. The lowest BCUT2D eigenvalue weighted by Crippen LogP contribution is -2.10. The second-order valence-electron chi connectivity index (χ2n) is 5.38. The zero-order chi connectivity index (χ0) is 15.8. The summed E-state index contributed by atoms with van der Waals surface area (Å²) in [7, 11) is -3.66. The highest BCUT2D eigenvalue weighted by molar-refractivity contribution is 7.95. The molecule has 0 bridgehead atoms. The molecule has 0 aliphatic heterocycles. The number of hydrogen-bond acceptors (Lipinski definition) is 3. The van der Waals surface area contributed by atoms with Crippen LogP contribution in [0.25, 0.3) is 0 Å². The minimum absolute atomic E-state index is 0.215. The fourth-order valence-corrected chi connectivity index (χ4v) is 4.82. The third-order valence-electron chi connectivity index (χ3n) is 3.81. The van der Waals surface area contributed by atoms with Crippen molar-refractivity contribution in [1.29, 1.82) is 0 Å². The number of fused-ring (bicyclic) bond motifs is 1. The molecule has 0 spiro atoms. The van der Waals surface area contributed by atoms with E-state index in [9.17, 15) is 13.5 Å². The van der Waals surface area contributed by atoms with Crippen molar-refractivity contribution in [3.63, 3.8) is 0 Å². The summed E-state index contributed by atoms with van der Waals surface area (Å²) in [6, 6.07) is 5.07. The second-order valence-corrected chi connectivity index (χ2v) is 7.23. The first kappa shape index (κ1) is 15.7. The number of aliphatic hydroxyl groups is 1. The molecule has 4 heteroatoms. The molecule has 1 atom stereocenters. The minimum atomic E-state index is -3.66. The number of sulfone groups is 1. The van der Waals surface area contributed by atoms with Crippen molar-refractivity contribution >= 4 is 9.84 Å². The van der Waals surface area contributed by atoms with Gasteiger partial charge in [-0.2, -0.15) is 0 Å². The molecule has 0 saturated carbocycles. The largest absolute Gasteiger partial charge is 0.388 e. The lowest BCUT2D eigenvalue weighted by molar-refractivity contribution is 0.180. The van der Waals surface area contributed by atoms with Crippen LogP contribution < -0.4 is 0 Å². The van der Waals surface area contributed by atoms with Crippen LogP contribution in [0.4, 0.5) is 0 Å². The van der Waals surface area contributed by atoms with Crippen LogP contribution in [-0.4, -0.2) is 13.5 Å². The van der Waals surface area contributed by atoms with Gasteiger partial charge in [-0.1, -0.05) is 31.4 Å². The molecule has 1 aromatic rings. The van der Waals surface area contributed by atoms with Gasteiger partial charge in [0.15, 0.2) is 0 Å². The quantitative estimate of drug-likeness (QED) is 0.867. The maximum atomic E-state index is 13.0. The first-order valence-corrected chi connectivity index (χ1v) is 8.33. The monoisotopic (exact) mass is 304 g/mol. The fourth-order valence-electron chi connectivity index (χ4n) is 2.83. The standard InChI is InChI=1S/C17H20O3S/c1-5-12(4)17(11(2)3)21(19,20)16-8-6-7-13-14(16)9-10-15(13)18/h5-8,15,18H,1-2,9-10H2,3-4H3. The normalized spacial score (nSPS) is 18.9. The molecule has 1 aliphatic carbocycles. The number of benzene rings is 1. The van der Waals surface area contributed by atoms with Crippen LogP contribution in [0, 0.1) is 0 Å². The van der Waals surface area contributed by atoms with E-state index in [1.165, 1.54) is 6.08 Å². The molecule has 0 aromatic heterocycles. The average Bonchev–Trinajstić information content (AvgIpc) is 2.79. The van der Waals surface area contributed by atoms with E-state index in [0.29, 0.717) is 29.6 Å². The predicted molar refractivity (Wildman–Crippen MR) is 84.6 cm³/mol. The summed E-state index contributed by atoms with van der Waals surface area (Å²) in [5, 5.41) is 9.93. The molecule has 0 heterocycles. The highest BCUT2D eigenvalue weighted by Gasteiger charge is 2.30. The number of hydrogen-bond donors (Lipinski definition) is 1. The van der Waals surface area contributed by atoms with E-state index in [2.05, 4.69) is 13.2 Å². The van der Waals surface area contributed by atoms with Gasteiger partial charge in [0, 0.05) is 0 Å². The maximum absolute atomic E-state index is 13.0. The average molecular weight is 304 g/mol. The smallest absolute Gasteiger partial charge is 0.207 e. The van der Waals surface area contributed by atoms with Gasteiger partial charge < -0.3 is 5.11 Å². The van der Waals surface area contributed by atoms with Crippen LogP contribution >= 0.6 is 0 Å². The first-order chi connectivity index (χ1) is 9.80. The van der Waals surface area contributed by atoms with Gasteiger partial charge in [-0.25, -0.2) is 8.42 Å². The third-order valence-corrected chi connectivity index (χ3v) is 5.98. The van der Waals surface area contributed by atoms with E-state index in [0.717, 1.165) is 5.56 Å². The lowest BCUT2D eigenvalue weighted by Gasteiger charge is -2.15. The van der Waals surface area contributed by atoms with Crippen molar-refractivity contribution in [3.8, 4) is 0 Å². The molecular formula is C17H20O3S. The number of rotatable bonds is 4. The van der Waals surface area contributed by atoms with Crippen LogP contribution in [-0.2, 0) is 16.3 Å². The van der Waals surface area contributed by atoms with E-state index in [4.69, 9.17) is 0 Å². The van der Waals surface area contributed by atoms with Gasteiger partial charge in [-0.05, 0) is 55.0 Å². The van der Waals surface area contributed by atoms with E-state index in [1.54, 1.807) is 32.0 Å². The Morgan fingerprint density at radius 3 is 2.62 bits per heavy atom. The molecule has 1 aliphatic rings. The Labute approximate surface area is 126 Å². The summed E-state index contributed by atoms with van der Waals surface area (Å²) in [4.78, 5) is 0.489. The van der Waals surface area contributed by atoms with E-state index in [1.807, 2.05) is 0 Å². The van der Waals surface area contributed by atoms with Gasteiger partial charge in [0.25, 0.3) is 0 Å². The Morgan fingerprint density at radius 2 is 2.05 bits per heavy atom. The van der Waals surface area contributed by atoms with Crippen molar-refractivity contribution in [2.24, 2.45) is 0 Å². The molecule has 0 fully saturated rings. The first-order valence-electron chi connectivity index (χ1n) is 6.84. The van der Waals surface area contributed by atoms with E-state index in [-0.39, 0.29) is 9.80 Å². The summed E-state index contributed by atoms with van der Waals surface area (Å²) in [6.07, 6.45) is 2.09. The minimum Gasteiger partial charge on any atom is -0.388 e. The molecule has 112 valence electrons. The Bertz CT molecular complexity index is 739. The van der Waals surface area contributed by atoms with Gasteiger partial charge in [-0.3, -0.25) is 0 Å². The molecule has 1 N–H and O–H groups in total. The van der Waals surface area contributed by atoms with Crippen molar-refractivity contribution in [3.05, 3.63) is 64.6 Å². The summed E-state index contributed by atoms with van der Waals surface area (Å²) in [5.74, 6) is 0. The molecule has 1 unspecified atom stereocenters. The van der Waals surface area contributed by atoms with Crippen LogP contribution in [0.3, 0.4) is 0 Å². The zero-order valence-electron chi connectivity index (χ0n) is 12.4. The molecule has 0 saturated heterocycles. The van der Waals surface area contributed by atoms with Gasteiger partial charge in [-0.15, -0.1) is 0 Å². The molecule has 0 radical (unpaired) electrons. The van der Waals surface area contributed by atoms with Gasteiger partial charge in [0.1, 0.15) is 0 Å². The third kappa shape index (κ3) is 2.61. The summed E-state index contributed by atoms with van der Waals surface area (Å²) in [5.41, 5.74) is 2.51. The van der Waals surface area contributed by atoms with Crippen molar-refractivity contribution in [2.45, 2.75) is 37.7 Å². The van der Waals surface area contributed by atoms with Crippen molar-refractivity contribution in [2.75, 3.05) is 0 Å². The molecule has 1 aromatic carbocycles. The summed E-state index contributed by atoms with van der Waals surface area (Å²) < 4.78 is 26.0. The van der Waals surface area contributed by atoms with Gasteiger partial charge >= 0.3 is 0 Å². The zero-order valence-corrected chi connectivity index (χ0v) is 13.2. The van der Waals surface area contributed by atoms with Crippen LogP contribution in [0.5, 0.6) is 0 Å². The van der Waals surface area contributed by atoms with Crippen molar-refractivity contribution < 1.29 is 13.5 Å².